The van der Waals surface area contributed by atoms with E-state index in [-0.39, 0.29) is 6.10 Å². The minimum atomic E-state index is 0.159. The summed E-state index contributed by atoms with van der Waals surface area (Å²) in [7, 11) is 0. The van der Waals surface area contributed by atoms with E-state index in [0.29, 0.717) is 0 Å². The standard InChI is InChI=1S/C15H24N2O/c1-12(2)18-15-11-13(7-8-14(15)16)17-9-5-3-4-6-10-17/h7-8,11-12H,3-6,9-10,16H2,1-2H3. The van der Waals surface area contributed by atoms with E-state index in [0.717, 1.165) is 24.5 Å². The maximum absolute atomic E-state index is 5.95. The van der Waals surface area contributed by atoms with Crippen LogP contribution in [0.25, 0.3) is 0 Å². The van der Waals surface area contributed by atoms with Gasteiger partial charge in [-0.2, -0.15) is 0 Å². The van der Waals surface area contributed by atoms with Gasteiger partial charge >= 0.3 is 0 Å². The van der Waals surface area contributed by atoms with Crippen LogP contribution in [0.4, 0.5) is 11.4 Å². The summed E-state index contributed by atoms with van der Waals surface area (Å²) in [5, 5.41) is 0. The van der Waals surface area contributed by atoms with Crippen LogP contribution in [0.1, 0.15) is 39.5 Å². The SMILES string of the molecule is CC(C)Oc1cc(N2CCCCCC2)ccc1N. The molecule has 1 aliphatic rings. The molecule has 18 heavy (non-hydrogen) atoms. The molecule has 0 atom stereocenters. The number of nitrogens with zero attached hydrogens (tertiary/aromatic N) is 1. The van der Waals surface area contributed by atoms with Crippen molar-refractivity contribution in [3.8, 4) is 5.75 Å². The van der Waals surface area contributed by atoms with Crippen LogP contribution in [0.15, 0.2) is 18.2 Å². The molecular weight excluding hydrogens is 224 g/mol. The molecule has 1 aromatic rings. The molecule has 2 rings (SSSR count). The molecule has 1 heterocycles. The smallest absolute Gasteiger partial charge is 0.144 e. The van der Waals surface area contributed by atoms with Gasteiger partial charge in [0.25, 0.3) is 0 Å². The summed E-state index contributed by atoms with van der Waals surface area (Å²) in [6, 6.07) is 6.15. The van der Waals surface area contributed by atoms with Crippen LogP contribution in [0.3, 0.4) is 0 Å². The summed E-state index contributed by atoms with van der Waals surface area (Å²) in [4.78, 5) is 2.44. The Morgan fingerprint density at radius 2 is 1.78 bits per heavy atom. The van der Waals surface area contributed by atoms with E-state index >= 15 is 0 Å². The Morgan fingerprint density at radius 1 is 1.11 bits per heavy atom. The van der Waals surface area contributed by atoms with E-state index in [1.165, 1.54) is 31.4 Å². The second-order valence-corrected chi connectivity index (χ2v) is 5.29. The topological polar surface area (TPSA) is 38.5 Å². The normalized spacial score (nSPS) is 16.7. The number of benzene rings is 1. The monoisotopic (exact) mass is 248 g/mol. The molecule has 0 bridgehead atoms. The van der Waals surface area contributed by atoms with Crippen molar-refractivity contribution in [2.75, 3.05) is 23.7 Å². The Bertz CT molecular complexity index is 382. The first-order chi connectivity index (χ1) is 8.66. The summed E-state index contributed by atoms with van der Waals surface area (Å²) in [5.74, 6) is 0.812. The van der Waals surface area contributed by atoms with Crippen molar-refractivity contribution in [3.05, 3.63) is 18.2 Å². The lowest BCUT2D eigenvalue weighted by Crippen LogP contribution is -2.24. The quantitative estimate of drug-likeness (QED) is 0.833. The van der Waals surface area contributed by atoms with E-state index in [9.17, 15) is 0 Å². The van der Waals surface area contributed by atoms with Crippen molar-refractivity contribution in [2.45, 2.75) is 45.6 Å². The first-order valence-corrected chi connectivity index (χ1v) is 6.98. The lowest BCUT2D eigenvalue weighted by molar-refractivity contribution is 0.244. The summed E-state index contributed by atoms with van der Waals surface area (Å²) in [6.45, 7) is 6.34. The highest BCUT2D eigenvalue weighted by molar-refractivity contribution is 5.62. The zero-order chi connectivity index (χ0) is 13.0. The van der Waals surface area contributed by atoms with E-state index < -0.39 is 0 Å². The van der Waals surface area contributed by atoms with Crippen LogP contribution in [0.5, 0.6) is 5.75 Å². The van der Waals surface area contributed by atoms with Gasteiger partial charge in [0.2, 0.25) is 0 Å². The Labute approximate surface area is 110 Å². The van der Waals surface area contributed by atoms with Crippen molar-refractivity contribution in [1.82, 2.24) is 0 Å². The van der Waals surface area contributed by atoms with Gasteiger partial charge in [0.05, 0.1) is 11.8 Å². The largest absolute Gasteiger partial charge is 0.489 e. The zero-order valence-electron chi connectivity index (χ0n) is 11.5. The summed E-state index contributed by atoms with van der Waals surface area (Å²) in [5.41, 5.74) is 7.92. The molecule has 1 aromatic carbocycles. The molecule has 1 aliphatic heterocycles. The van der Waals surface area contributed by atoms with Crippen molar-refractivity contribution in [3.63, 3.8) is 0 Å². The van der Waals surface area contributed by atoms with Crippen molar-refractivity contribution < 1.29 is 4.74 Å². The molecule has 3 heteroatoms. The molecule has 2 N–H and O–H groups in total. The highest BCUT2D eigenvalue weighted by Crippen LogP contribution is 2.29. The maximum atomic E-state index is 5.95. The molecule has 0 radical (unpaired) electrons. The number of rotatable bonds is 3. The number of anilines is 2. The predicted octanol–water partition coefficient (Wildman–Crippen LogP) is 3.44. The van der Waals surface area contributed by atoms with Crippen LogP contribution in [0.2, 0.25) is 0 Å². The highest BCUT2D eigenvalue weighted by Gasteiger charge is 2.12. The van der Waals surface area contributed by atoms with Crippen LogP contribution in [-0.4, -0.2) is 19.2 Å². The van der Waals surface area contributed by atoms with E-state index in [4.69, 9.17) is 10.5 Å². The molecule has 100 valence electrons. The first-order valence-electron chi connectivity index (χ1n) is 6.98. The fourth-order valence-corrected chi connectivity index (χ4v) is 2.40. The van der Waals surface area contributed by atoms with Crippen LogP contribution >= 0.6 is 0 Å². The van der Waals surface area contributed by atoms with Gasteiger partial charge in [0.15, 0.2) is 0 Å². The molecule has 0 saturated carbocycles. The highest BCUT2D eigenvalue weighted by atomic mass is 16.5. The van der Waals surface area contributed by atoms with Crippen LogP contribution in [0, 0.1) is 0 Å². The third-order valence-corrected chi connectivity index (χ3v) is 3.33. The molecular formula is C15H24N2O. The van der Waals surface area contributed by atoms with Gasteiger partial charge < -0.3 is 15.4 Å². The van der Waals surface area contributed by atoms with Gasteiger partial charge in [-0.15, -0.1) is 0 Å². The summed E-state index contributed by atoms with van der Waals surface area (Å²) in [6.07, 6.45) is 5.42. The van der Waals surface area contributed by atoms with Crippen molar-refractivity contribution in [2.24, 2.45) is 0 Å². The Kier molecular flexibility index (Phi) is 4.34. The average molecular weight is 248 g/mol. The Morgan fingerprint density at radius 3 is 2.39 bits per heavy atom. The molecule has 0 aliphatic carbocycles. The molecule has 1 saturated heterocycles. The van der Waals surface area contributed by atoms with Crippen LogP contribution < -0.4 is 15.4 Å². The van der Waals surface area contributed by atoms with E-state index in [1.54, 1.807) is 0 Å². The van der Waals surface area contributed by atoms with E-state index in [1.807, 2.05) is 19.9 Å². The van der Waals surface area contributed by atoms with Crippen molar-refractivity contribution >= 4 is 11.4 Å². The number of hydrogen-bond donors (Lipinski definition) is 1. The number of hydrogen-bond acceptors (Lipinski definition) is 3. The van der Waals surface area contributed by atoms with Crippen LogP contribution in [-0.2, 0) is 0 Å². The number of nitrogen functional groups attached to an aromatic ring is 1. The molecule has 1 fully saturated rings. The minimum absolute atomic E-state index is 0.159. The fourth-order valence-electron chi connectivity index (χ4n) is 2.40. The summed E-state index contributed by atoms with van der Waals surface area (Å²) < 4.78 is 5.76. The zero-order valence-corrected chi connectivity index (χ0v) is 11.5. The molecule has 0 amide bonds. The second kappa shape index (κ2) is 5.98. The third-order valence-electron chi connectivity index (χ3n) is 3.33. The minimum Gasteiger partial charge on any atom is -0.489 e. The molecule has 0 spiro atoms. The Balaban J connectivity index is 2.16. The molecule has 0 aromatic heterocycles. The average Bonchev–Trinajstić information content (AvgIpc) is 2.60. The van der Waals surface area contributed by atoms with Gasteiger partial charge in [-0.05, 0) is 38.8 Å². The third kappa shape index (κ3) is 3.31. The summed E-state index contributed by atoms with van der Waals surface area (Å²) >= 11 is 0. The van der Waals surface area contributed by atoms with Gasteiger partial charge in [0.1, 0.15) is 5.75 Å². The van der Waals surface area contributed by atoms with Gasteiger partial charge in [-0.3, -0.25) is 0 Å². The molecule has 0 unspecified atom stereocenters. The lowest BCUT2D eigenvalue weighted by atomic mass is 10.2. The van der Waals surface area contributed by atoms with E-state index in [2.05, 4.69) is 17.0 Å². The van der Waals surface area contributed by atoms with Gasteiger partial charge in [-0.25, -0.2) is 0 Å². The maximum Gasteiger partial charge on any atom is 0.144 e. The van der Waals surface area contributed by atoms with Crippen molar-refractivity contribution in [1.29, 1.82) is 0 Å². The first kappa shape index (κ1) is 13.1. The number of nitrogens with two attached hydrogens (primary N) is 1. The second-order valence-electron chi connectivity index (χ2n) is 5.29. The predicted molar refractivity (Wildman–Crippen MR) is 77.3 cm³/mol. The fraction of sp³-hybridized carbons (Fsp3) is 0.600. The molecule has 3 nitrogen and oxygen atoms in total. The Hall–Kier alpha value is -1.38. The lowest BCUT2D eigenvalue weighted by Gasteiger charge is -2.24. The van der Waals surface area contributed by atoms with Gasteiger partial charge in [0, 0.05) is 24.8 Å². The number of ether oxygens (including phenoxy) is 1. The van der Waals surface area contributed by atoms with Gasteiger partial charge in [-0.1, -0.05) is 12.8 Å².